The number of hydrogen-bond donors (Lipinski definition) is 1. The highest BCUT2D eigenvalue weighted by molar-refractivity contribution is 8.23. The number of likely N-dealkylation sites (tertiary alicyclic amines) is 1. The average Bonchev–Trinajstić information content (AvgIpc) is 2.62. The zero-order valence-electron chi connectivity index (χ0n) is 9.80. The predicted octanol–water partition coefficient (Wildman–Crippen LogP) is 0.342. The first-order chi connectivity index (χ1) is 7.97. The quantitative estimate of drug-likeness (QED) is 0.455. The summed E-state index contributed by atoms with van der Waals surface area (Å²) in [5, 5.41) is 2.87. The first-order valence-corrected chi connectivity index (χ1v) is 6.63. The molecule has 1 N–H and O–H groups in total. The van der Waals surface area contributed by atoms with Crippen LogP contribution in [0.3, 0.4) is 0 Å². The Labute approximate surface area is 109 Å². The minimum Gasteiger partial charge on any atom is -0.467 e. The summed E-state index contributed by atoms with van der Waals surface area (Å²) in [7, 11) is 1.34. The van der Waals surface area contributed by atoms with E-state index < -0.39 is 6.04 Å². The molecule has 94 valence electrons. The van der Waals surface area contributed by atoms with Crippen LogP contribution in [0.5, 0.6) is 0 Å². The van der Waals surface area contributed by atoms with E-state index in [1.54, 1.807) is 4.90 Å². The van der Waals surface area contributed by atoms with Gasteiger partial charge in [0.05, 0.1) is 7.11 Å². The van der Waals surface area contributed by atoms with Gasteiger partial charge in [0.15, 0.2) is 0 Å². The van der Waals surface area contributed by atoms with Crippen molar-refractivity contribution in [2.24, 2.45) is 5.92 Å². The van der Waals surface area contributed by atoms with Crippen LogP contribution >= 0.6 is 24.0 Å². The molecule has 0 unspecified atom stereocenters. The summed E-state index contributed by atoms with van der Waals surface area (Å²) in [4.78, 5) is 25.2. The fourth-order valence-corrected chi connectivity index (χ4v) is 3.64. The van der Waals surface area contributed by atoms with E-state index in [1.807, 2.05) is 13.8 Å². The SMILES string of the molecule is COC(=O)[C@@H](C(C)C)N1C(=O)[C@H]2NC(=S)S[C@H]21. The van der Waals surface area contributed by atoms with Gasteiger partial charge in [-0.25, -0.2) is 4.79 Å². The molecule has 0 aromatic rings. The Bertz CT molecular complexity index is 386. The third kappa shape index (κ3) is 1.91. The highest BCUT2D eigenvalue weighted by atomic mass is 32.2. The highest BCUT2D eigenvalue weighted by Crippen LogP contribution is 2.39. The van der Waals surface area contributed by atoms with Gasteiger partial charge in [0.2, 0.25) is 5.91 Å². The van der Waals surface area contributed by atoms with Crippen molar-refractivity contribution in [1.29, 1.82) is 0 Å². The highest BCUT2D eigenvalue weighted by Gasteiger charge is 2.57. The number of methoxy groups -OCH3 is 1. The lowest BCUT2D eigenvalue weighted by Gasteiger charge is -2.46. The van der Waals surface area contributed by atoms with Crippen LogP contribution in [-0.4, -0.2) is 45.7 Å². The molecule has 1 amide bonds. The number of nitrogens with one attached hydrogen (secondary N) is 1. The van der Waals surface area contributed by atoms with Crippen molar-refractivity contribution >= 4 is 40.2 Å². The number of β-lactam (4-membered cyclic amide) rings is 1. The lowest BCUT2D eigenvalue weighted by atomic mass is 9.96. The summed E-state index contributed by atoms with van der Waals surface area (Å²) >= 11 is 6.44. The monoisotopic (exact) mass is 274 g/mol. The molecule has 0 saturated carbocycles. The molecule has 0 aliphatic carbocycles. The number of amides is 1. The number of carbonyl (C=O) groups excluding carboxylic acids is 2. The summed E-state index contributed by atoms with van der Waals surface area (Å²) in [6, 6.07) is -0.789. The number of nitrogens with zero attached hydrogens (tertiary/aromatic N) is 1. The van der Waals surface area contributed by atoms with Crippen molar-refractivity contribution in [1.82, 2.24) is 10.2 Å². The van der Waals surface area contributed by atoms with E-state index in [9.17, 15) is 9.59 Å². The molecule has 2 heterocycles. The van der Waals surface area contributed by atoms with Crippen molar-refractivity contribution < 1.29 is 14.3 Å². The van der Waals surface area contributed by atoms with Crippen LogP contribution < -0.4 is 5.32 Å². The van der Waals surface area contributed by atoms with Crippen LogP contribution in [0.4, 0.5) is 0 Å². The van der Waals surface area contributed by atoms with E-state index in [4.69, 9.17) is 17.0 Å². The summed E-state index contributed by atoms with van der Waals surface area (Å²) in [6.45, 7) is 3.79. The number of thioether (sulfide) groups is 1. The van der Waals surface area contributed by atoms with Crippen LogP contribution in [0.2, 0.25) is 0 Å². The summed E-state index contributed by atoms with van der Waals surface area (Å²) in [5.41, 5.74) is 0. The molecule has 2 aliphatic heterocycles. The van der Waals surface area contributed by atoms with Crippen molar-refractivity contribution in [3.8, 4) is 0 Å². The molecule has 2 aliphatic rings. The molecule has 0 aromatic heterocycles. The largest absolute Gasteiger partial charge is 0.467 e. The number of thiocarbonyl (C=S) groups is 1. The molecule has 5 nitrogen and oxygen atoms in total. The number of hydrogen-bond acceptors (Lipinski definition) is 5. The summed E-state index contributed by atoms with van der Waals surface area (Å²) in [6.07, 6.45) is 0. The standard InChI is InChI=1S/C10H14N2O3S2/c1-4(2)6(9(14)15-3)12-7(13)5-8(12)17-10(16)11-5/h4-6,8H,1-3H3,(H,11,16)/t5-,6-,8-/m1/s1. The van der Waals surface area contributed by atoms with E-state index in [0.29, 0.717) is 4.32 Å². The normalized spacial score (nSPS) is 28.6. The van der Waals surface area contributed by atoms with Gasteiger partial charge in [-0.1, -0.05) is 37.8 Å². The van der Waals surface area contributed by atoms with Crippen LogP contribution in [0.25, 0.3) is 0 Å². The molecule has 0 radical (unpaired) electrons. The smallest absolute Gasteiger partial charge is 0.328 e. The van der Waals surface area contributed by atoms with Crippen LogP contribution in [-0.2, 0) is 14.3 Å². The van der Waals surface area contributed by atoms with Crippen molar-refractivity contribution in [3.63, 3.8) is 0 Å². The first kappa shape index (κ1) is 12.6. The minimum absolute atomic E-state index is 0.0159. The Morgan fingerprint density at radius 2 is 2.24 bits per heavy atom. The van der Waals surface area contributed by atoms with E-state index in [-0.39, 0.29) is 29.2 Å². The average molecular weight is 274 g/mol. The molecule has 2 fully saturated rings. The van der Waals surface area contributed by atoms with Crippen molar-refractivity contribution in [2.75, 3.05) is 7.11 Å². The van der Waals surface area contributed by atoms with Gasteiger partial charge in [-0.2, -0.15) is 0 Å². The summed E-state index contributed by atoms with van der Waals surface area (Å²) in [5.74, 6) is -0.432. The van der Waals surface area contributed by atoms with Crippen LogP contribution in [0.1, 0.15) is 13.8 Å². The maximum Gasteiger partial charge on any atom is 0.328 e. The molecular weight excluding hydrogens is 260 g/mol. The molecule has 7 heteroatoms. The minimum atomic E-state index is -0.524. The van der Waals surface area contributed by atoms with Gasteiger partial charge < -0.3 is 15.0 Å². The van der Waals surface area contributed by atoms with Gasteiger partial charge in [-0.3, -0.25) is 4.79 Å². The van der Waals surface area contributed by atoms with Gasteiger partial charge in [-0.05, 0) is 5.92 Å². The Morgan fingerprint density at radius 1 is 1.59 bits per heavy atom. The van der Waals surface area contributed by atoms with E-state index in [1.165, 1.54) is 18.9 Å². The maximum absolute atomic E-state index is 11.9. The second kappa shape index (κ2) is 4.45. The number of esters is 1. The van der Waals surface area contributed by atoms with Crippen molar-refractivity contribution in [2.45, 2.75) is 31.3 Å². The molecule has 3 atom stereocenters. The molecule has 0 aromatic carbocycles. The Morgan fingerprint density at radius 3 is 2.76 bits per heavy atom. The van der Waals surface area contributed by atoms with Gasteiger partial charge >= 0.3 is 5.97 Å². The molecular formula is C10H14N2O3S2. The Balaban J connectivity index is 2.18. The Hall–Kier alpha value is -0.820. The number of rotatable bonds is 3. The third-order valence-corrected chi connectivity index (χ3v) is 4.43. The van der Waals surface area contributed by atoms with Crippen LogP contribution in [0, 0.1) is 5.92 Å². The van der Waals surface area contributed by atoms with Gasteiger partial charge in [-0.15, -0.1) is 0 Å². The number of ether oxygens (including phenoxy) is 1. The maximum atomic E-state index is 11.9. The Kier molecular flexibility index (Phi) is 3.31. The van der Waals surface area contributed by atoms with Crippen LogP contribution in [0.15, 0.2) is 0 Å². The molecule has 0 spiro atoms. The number of carbonyl (C=O) groups is 2. The predicted molar refractivity (Wildman–Crippen MR) is 68.4 cm³/mol. The second-order valence-corrected chi connectivity index (χ2v) is 6.17. The molecule has 0 bridgehead atoms. The first-order valence-electron chi connectivity index (χ1n) is 5.34. The zero-order chi connectivity index (χ0) is 12.7. The molecule has 2 rings (SSSR count). The number of fused-ring (bicyclic) bond motifs is 1. The van der Waals surface area contributed by atoms with Gasteiger partial charge in [0, 0.05) is 0 Å². The van der Waals surface area contributed by atoms with Crippen molar-refractivity contribution in [3.05, 3.63) is 0 Å². The van der Waals surface area contributed by atoms with E-state index in [2.05, 4.69) is 5.32 Å². The zero-order valence-corrected chi connectivity index (χ0v) is 11.4. The lowest BCUT2D eigenvalue weighted by molar-refractivity contribution is -0.164. The lowest BCUT2D eigenvalue weighted by Crippen LogP contribution is -2.70. The van der Waals surface area contributed by atoms with E-state index >= 15 is 0 Å². The summed E-state index contributed by atoms with van der Waals surface area (Å²) < 4.78 is 5.37. The fourth-order valence-electron chi connectivity index (χ4n) is 2.14. The molecule has 2 saturated heterocycles. The second-order valence-electron chi connectivity index (χ2n) is 4.38. The topological polar surface area (TPSA) is 58.6 Å². The molecule has 17 heavy (non-hydrogen) atoms. The third-order valence-electron chi connectivity index (χ3n) is 2.95. The van der Waals surface area contributed by atoms with Gasteiger partial charge in [0.25, 0.3) is 0 Å². The van der Waals surface area contributed by atoms with E-state index in [0.717, 1.165) is 0 Å². The fraction of sp³-hybridized carbons (Fsp3) is 0.700. The van der Waals surface area contributed by atoms with Gasteiger partial charge in [0.1, 0.15) is 21.8 Å².